The number of ketones is 1. The highest BCUT2D eigenvalue weighted by Gasteiger charge is 2.39. The molecule has 5 rings (SSSR count). The van der Waals surface area contributed by atoms with E-state index >= 15 is 0 Å². The maximum Gasteiger partial charge on any atom is 0.195 e. The second kappa shape index (κ2) is 7.31. The van der Waals surface area contributed by atoms with Crippen molar-refractivity contribution in [3.05, 3.63) is 100.0 Å². The molecule has 2 aromatic carbocycles. The van der Waals surface area contributed by atoms with Crippen LogP contribution in [0.1, 0.15) is 57.7 Å². The van der Waals surface area contributed by atoms with E-state index in [-0.39, 0.29) is 11.2 Å². The number of carbonyl (C=O) groups is 1. The summed E-state index contributed by atoms with van der Waals surface area (Å²) in [6, 6.07) is 16.5. The SMILES string of the molecule is CC1(C)c2cc(CCc3ccncc3)ccc2C(=O)c2c1[nH]c1cc(CC=N)ccc21. The minimum atomic E-state index is -0.300. The summed E-state index contributed by atoms with van der Waals surface area (Å²) in [5.74, 6) is 0.0936. The molecule has 0 unspecified atom stereocenters. The third-order valence-corrected chi connectivity index (χ3v) is 6.51. The summed E-state index contributed by atoms with van der Waals surface area (Å²) < 4.78 is 0. The number of nitrogens with zero attached hydrogens (tertiary/aromatic N) is 1. The molecular formula is C27H25N3O. The van der Waals surface area contributed by atoms with Crippen LogP contribution in [0.25, 0.3) is 10.9 Å². The molecule has 0 aliphatic heterocycles. The molecular weight excluding hydrogens is 382 g/mol. The number of pyridine rings is 1. The number of aryl methyl sites for hydroxylation is 2. The van der Waals surface area contributed by atoms with Crippen LogP contribution in [0.5, 0.6) is 0 Å². The largest absolute Gasteiger partial charge is 0.357 e. The van der Waals surface area contributed by atoms with Crippen LogP contribution < -0.4 is 0 Å². The topological polar surface area (TPSA) is 69.6 Å². The molecule has 154 valence electrons. The van der Waals surface area contributed by atoms with Crippen LogP contribution in [0, 0.1) is 5.41 Å². The Morgan fingerprint density at radius 1 is 0.968 bits per heavy atom. The zero-order chi connectivity index (χ0) is 21.6. The van der Waals surface area contributed by atoms with Gasteiger partial charge in [0.2, 0.25) is 0 Å². The van der Waals surface area contributed by atoms with Gasteiger partial charge in [-0.3, -0.25) is 9.78 Å². The average Bonchev–Trinajstić information content (AvgIpc) is 3.17. The lowest BCUT2D eigenvalue weighted by Crippen LogP contribution is -2.30. The third-order valence-electron chi connectivity index (χ3n) is 6.51. The highest BCUT2D eigenvalue weighted by atomic mass is 16.1. The van der Waals surface area contributed by atoms with Crippen molar-refractivity contribution < 1.29 is 4.79 Å². The molecule has 31 heavy (non-hydrogen) atoms. The first-order chi connectivity index (χ1) is 15.0. The molecule has 2 aromatic heterocycles. The molecule has 4 heteroatoms. The molecule has 2 N–H and O–H groups in total. The molecule has 0 fully saturated rings. The molecule has 4 nitrogen and oxygen atoms in total. The predicted molar refractivity (Wildman–Crippen MR) is 124 cm³/mol. The standard InChI is InChI=1S/C27H25N3O/c1-27(2)22-15-18(4-3-17-10-13-29-14-11-17)5-7-20(22)25(31)24-21-8-6-19(9-12-28)16-23(21)30-26(24)27/h5-8,10-16,28,30H,3-4,9H2,1-2H3. The van der Waals surface area contributed by atoms with Gasteiger partial charge in [0.15, 0.2) is 5.78 Å². The van der Waals surface area contributed by atoms with Crippen molar-refractivity contribution in [2.45, 2.75) is 38.5 Å². The van der Waals surface area contributed by atoms with Crippen molar-refractivity contribution >= 4 is 22.9 Å². The molecule has 0 atom stereocenters. The second-order valence-corrected chi connectivity index (χ2v) is 8.85. The minimum Gasteiger partial charge on any atom is -0.357 e. The van der Waals surface area contributed by atoms with Gasteiger partial charge in [0.1, 0.15) is 0 Å². The molecule has 0 bridgehead atoms. The van der Waals surface area contributed by atoms with Crippen LogP contribution >= 0.6 is 0 Å². The molecule has 0 saturated heterocycles. The van der Waals surface area contributed by atoms with E-state index in [9.17, 15) is 4.79 Å². The number of hydrogen-bond donors (Lipinski definition) is 2. The van der Waals surface area contributed by atoms with E-state index in [1.807, 2.05) is 30.6 Å². The quantitative estimate of drug-likeness (QED) is 0.434. The molecule has 0 spiro atoms. The Hall–Kier alpha value is -3.53. The fraction of sp³-hybridized carbons (Fsp3) is 0.222. The lowest BCUT2D eigenvalue weighted by molar-refractivity contribution is 0.103. The van der Waals surface area contributed by atoms with Gasteiger partial charge in [-0.2, -0.15) is 0 Å². The van der Waals surface area contributed by atoms with Crippen molar-refractivity contribution in [1.82, 2.24) is 9.97 Å². The number of fused-ring (bicyclic) bond motifs is 4. The van der Waals surface area contributed by atoms with E-state index in [2.05, 4.69) is 54.1 Å². The lowest BCUT2D eigenvalue weighted by Gasteiger charge is -2.32. The van der Waals surface area contributed by atoms with Gasteiger partial charge in [-0.15, -0.1) is 0 Å². The van der Waals surface area contributed by atoms with Crippen molar-refractivity contribution in [3.8, 4) is 0 Å². The summed E-state index contributed by atoms with van der Waals surface area (Å²) in [6.07, 6.45) is 7.53. The Kier molecular flexibility index (Phi) is 4.58. The van der Waals surface area contributed by atoms with E-state index < -0.39 is 0 Å². The van der Waals surface area contributed by atoms with Crippen LogP contribution in [0.4, 0.5) is 0 Å². The van der Waals surface area contributed by atoms with Gasteiger partial charge in [0, 0.05) is 46.4 Å². The van der Waals surface area contributed by atoms with Crippen molar-refractivity contribution in [2.75, 3.05) is 0 Å². The first kappa shape index (κ1) is 19.4. The smallest absolute Gasteiger partial charge is 0.195 e. The van der Waals surface area contributed by atoms with E-state index in [0.29, 0.717) is 6.42 Å². The Balaban J connectivity index is 1.56. The van der Waals surface area contributed by atoms with Gasteiger partial charge in [0.05, 0.1) is 5.56 Å². The van der Waals surface area contributed by atoms with Gasteiger partial charge < -0.3 is 10.4 Å². The lowest BCUT2D eigenvalue weighted by atomic mass is 9.70. The number of aromatic nitrogens is 2. The number of carbonyl (C=O) groups excluding carboxylic acids is 1. The fourth-order valence-electron chi connectivity index (χ4n) is 4.76. The van der Waals surface area contributed by atoms with E-state index in [4.69, 9.17) is 5.41 Å². The molecule has 4 aromatic rings. The monoisotopic (exact) mass is 407 g/mol. The summed E-state index contributed by atoms with van der Waals surface area (Å²) in [6.45, 7) is 4.38. The molecule has 2 heterocycles. The number of benzene rings is 2. The van der Waals surface area contributed by atoms with Gasteiger partial charge in [0.25, 0.3) is 0 Å². The first-order valence-electron chi connectivity index (χ1n) is 10.7. The van der Waals surface area contributed by atoms with Crippen LogP contribution in [0.2, 0.25) is 0 Å². The van der Waals surface area contributed by atoms with Crippen molar-refractivity contribution in [1.29, 1.82) is 5.41 Å². The third kappa shape index (κ3) is 3.19. The average molecular weight is 408 g/mol. The fourth-order valence-corrected chi connectivity index (χ4v) is 4.76. The maximum absolute atomic E-state index is 13.5. The molecule has 1 aliphatic rings. The summed E-state index contributed by atoms with van der Waals surface area (Å²) in [4.78, 5) is 21.1. The Bertz CT molecular complexity index is 1320. The summed E-state index contributed by atoms with van der Waals surface area (Å²) >= 11 is 0. The van der Waals surface area contributed by atoms with Crippen LogP contribution in [0.15, 0.2) is 60.9 Å². The number of hydrogen-bond acceptors (Lipinski definition) is 3. The van der Waals surface area contributed by atoms with Crippen LogP contribution in [0.3, 0.4) is 0 Å². The van der Waals surface area contributed by atoms with Gasteiger partial charge in [-0.25, -0.2) is 0 Å². The Morgan fingerprint density at radius 2 is 1.71 bits per heavy atom. The van der Waals surface area contributed by atoms with E-state index in [1.54, 1.807) is 0 Å². The first-order valence-corrected chi connectivity index (χ1v) is 10.7. The molecule has 0 amide bonds. The van der Waals surface area contributed by atoms with Crippen LogP contribution in [-0.4, -0.2) is 22.0 Å². The van der Waals surface area contributed by atoms with Crippen LogP contribution in [-0.2, 0) is 24.7 Å². The Morgan fingerprint density at radius 3 is 2.48 bits per heavy atom. The maximum atomic E-state index is 13.5. The summed E-state index contributed by atoms with van der Waals surface area (Å²) in [5, 5.41) is 8.34. The molecule has 0 radical (unpaired) electrons. The number of rotatable bonds is 5. The van der Waals surface area contributed by atoms with E-state index in [0.717, 1.165) is 51.7 Å². The highest BCUT2D eigenvalue weighted by Crippen LogP contribution is 2.44. The molecule has 0 saturated carbocycles. The van der Waals surface area contributed by atoms with Gasteiger partial charge >= 0.3 is 0 Å². The number of aromatic amines is 1. The normalized spacial score (nSPS) is 14.3. The summed E-state index contributed by atoms with van der Waals surface area (Å²) in [7, 11) is 0. The minimum absolute atomic E-state index is 0.0936. The Labute approximate surface area is 181 Å². The van der Waals surface area contributed by atoms with E-state index in [1.165, 1.54) is 17.3 Å². The number of nitrogens with one attached hydrogen (secondary N) is 2. The second-order valence-electron chi connectivity index (χ2n) is 8.85. The highest BCUT2D eigenvalue weighted by molar-refractivity contribution is 6.20. The number of H-pyrrole nitrogens is 1. The van der Waals surface area contributed by atoms with Gasteiger partial charge in [-0.05, 0) is 59.5 Å². The zero-order valence-electron chi connectivity index (χ0n) is 17.8. The molecule has 1 aliphatic carbocycles. The predicted octanol–water partition coefficient (Wildman–Crippen LogP) is 5.41. The summed E-state index contributed by atoms with van der Waals surface area (Å²) in [5.41, 5.74) is 7.91. The zero-order valence-corrected chi connectivity index (χ0v) is 17.8. The van der Waals surface area contributed by atoms with Crippen molar-refractivity contribution in [3.63, 3.8) is 0 Å². The van der Waals surface area contributed by atoms with Gasteiger partial charge in [-0.1, -0.05) is 44.2 Å². The van der Waals surface area contributed by atoms with Crippen molar-refractivity contribution in [2.24, 2.45) is 0 Å².